The highest BCUT2D eigenvalue weighted by molar-refractivity contribution is 6.21. The van der Waals surface area contributed by atoms with E-state index in [9.17, 15) is 9.59 Å². The van der Waals surface area contributed by atoms with Gasteiger partial charge in [0.25, 0.3) is 0 Å². The molecule has 0 radical (unpaired) electrons. The Labute approximate surface area is 124 Å². The summed E-state index contributed by atoms with van der Waals surface area (Å²) in [7, 11) is 0. The molecule has 1 aliphatic heterocycles. The van der Waals surface area contributed by atoms with E-state index >= 15 is 0 Å². The highest BCUT2D eigenvalue weighted by Gasteiger charge is 2.46. The molecule has 0 atom stereocenters. The van der Waals surface area contributed by atoms with Crippen LogP contribution in [0.2, 0.25) is 0 Å². The Balaban J connectivity index is 2.47. The molecule has 0 saturated carbocycles. The maximum absolute atomic E-state index is 12.4. The number of hydrogen-bond donors (Lipinski definition) is 2. The first-order chi connectivity index (χ1) is 10.1. The Morgan fingerprint density at radius 3 is 2.48 bits per heavy atom. The minimum absolute atomic E-state index is 0.266. The van der Waals surface area contributed by atoms with E-state index in [0.29, 0.717) is 24.4 Å². The largest absolute Gasteiger partial charge is 0.326 e. The van der Waals surface area contributed by atoms with E-state index in [0.717, 1.165) is 12.8 Å². The van der Waals surface area contributed by atoms with Crippen molar-refractivity contribution < 1.29 is 9.59 Å². The summed E-state index contributed by atoms with van der Waals surface area (Å²) in [5.74, 6) is 0.158. The Hall–Kier alpha value is -2.24. The quantitative estimate of drug-likeness (QED) is 0.873. The van der Waals surface area contributed by atoms with Crippen molar-refractivity contribution >= 4 is 23.5 Å². The Morgan fingerprint density at radius 2 is 1.90 bits per heavy atom. The zero-order valence-electron chi connectivity index (χ0n) is 12.3. The van der Waals surface area contributed by atoms with Gasteiger partial charge in [-0.3, -0.25) is 20.4 Å². The molecule has 0 spiro atoms. The van der Waals surface area contributed by atoms with Crippen molar-refractivity contribution in [3.63, 3.8) is 0 Å². The summed E-state index contributed by atoms with van der Waals surface area (Å²) < 4.78 is 0. The molecule has 1 aliphatic rings. The SMILES string of the molecule is CCCC1(CCC)C(=O)NC(=O)NC1=Nc1cccnc1. The molecule has 0 aromatic carbocycles. The lowest BCUT2D eigenvalue weighted by Crippen LogP contribution is -2.62. The topological polar surface area (TPSA) is 83.5 Å². The molecule has 0 unspecified atom stereocenters. The zero-order chi connectivity index (χ0) is 15.3. The second-order valence-corrected chi connectivity index (χ2v) is 5.16. The first-order valence-electron chi connectivity index (χ1n) is 7.24. The van der Waals surface area contributed by atoms with Crippen LogP contribution in [-0.4, -0.2) is 22.8 Å². The minimum atomic E-state index is -0.771. The fourth-order valence-corrected chi connectivity index (χ4v) is 2.72. The number of aliphatic imine (C=N–C) groups is 1. The molecule has 1 fully saturated rings. The molecule has 0 aliphatic carbocycles. The minimum Gasteiger partial charge on any atom is -0.295 e. The lowest BCUT2D eigenvalue weighted by Gasteiger charge is -2.36. The predicted octanol–water partition coefficient (Wildman–Crippen LogP) is 2.54. The van der Waals surface area contributed by atoms with Crippen molar-refractivity contribution in [2.45, 2.75) is 39.5 Å². The maximum Gasteiger partial charge on any atom is 0.326 e. The number of imide groups is 1. The number of pyridine rings is 1. The van der Waals surface area contributed by atoms with Gasteiger partial charge in [0.1, 0.15) is 11.3 Å². The van der Waals surface area contributed by atoms with Crippen LogP contribution in [0.1, 0.15) is 39.5 Å². The summed E-state index contributed by atoms with van der Waals surface area (Å²) in [6.07, 6.45) is 6.21. The van der Waals surface area contributed by atoms with E-state index in [-0.39, 0.29) is 5.91 Å². The third-order valence-electron chi connectivity index (χ3n) is 3.59. The third kappa shape index (κ3) is 3.09. The van der Waals surface area contributed by atoms with Crippen molar-refractivity contribution in [3.8, 4) is 0 Å². The molecule has 6 heteroatoms. The predicted molar refractivity (Wildman–Crippen MR) is 80.3 cm³/mol. The molecule has 1 saturated heterocycles. The summed E-state index contributed by atoms with van der Waals surface area (Å²) in [4.78, 5) is 32.5. The Kier molecular flexibility index (Phi) is 4.67. The lowest BCUT2D eigenvalue weighted by molar-refractivity contribution is -0.127. The van der Waals surface area contributed by atoms with Crippen LogP contribution in [0.3, 0.4) is 0 Å². The molecule has 2 heterocycles. The highest BCUT2D eigenvalue weighted by Crippen LogP contribution is 2.34. The number of carbonyl (C=O) groups is 2. The van der Waals surface area contributed by atoms with E-state index in [1.165, 1.54) is 0 Å². The zero-order valence-corrected chi connectivity index (χ0v) is 12.3. The van der Waals surface area contributed by atoms with Crippen LogP contribution in [0.4, 0.5) is 10.5 Å². The molecule has 1 aromatic heterocycles. The molecule has 2 rings (SSSR count). The van der Waals surface area contributed by atoms with Gasteiger partial charge in [-0.05, 0) is 25.0 Å². The van der Waals surface area contributed by atoms with Gasteiger partial charge in [0.15, 0.2) is 0 Å². The second-order valence-electron chi connectivity index (χ2n) is 5.16. The number of nitrogens with one attached hydrogen (secondary N) is 2. The van der Waals surface area contributed by atoms with Crippen LogP contribution < -0.4 is 10.6 Å². The van der Waals surface area contributed by atoms with Crippen LogP contribution in [0, 0.1) is 5.41 Å². The highest BCUT2D eigenvalue weighted by atomic mass is 16.2. The van der Waals surface area contributed by atoms with E-state index in [1.807, 2.05) is 13.8 Å². The third-order valence-corrected chi connectivity index (χ3v) is 3.59. The average molecular weight is 288 g/mol. The van der Waals surface area contributed by atoms with Gasteiger partial charge in [0.2, 0.25) is 5.91 Å². The molecule has 112 valence electrons. The van der Waals surface area contributed by atoms with E-state index < -0.39 is 11.4 Å². The molecule has 6 nitrogen and oxygen atoms in total. The normalized spacial score (nSPS) is 19.2. The van der Waals surface area contributed by atoms with E-state index in [1.54, 1.807) is 24.5 Å². The van der Waals surface area contributed by atoms with Gasteiger partial charge in [0.05, 0.1) is 11.9 Å². The van der Waals surface area contributed by atoms with Crippen molar-refractivity contribution in [3.05, 3.63) is 24.5 Å². The molecule has 1 aromatic rings. The average Bonchev–Trinajstić information content (AvgIpc) is 2.46. The smallest absolute Gasteiger partial charge is 0.295 e. The first-order valence-corrected chi connectivity index (χ1v) is 7.24. The summed E-state index contributed by atoms with van der Waals surface area (Å²) in [5, 5.41) is 5.08. The van der Waals surface area contributed by atoms with Crippen molar-refractivity contribution in [1.82, 2.24) is 15.6 Å². The van der Waals surface area contributed by atoms with Crippen LogP contribution >= 0.6 is 0 Å². The standard InChI is InChI=1S/C15H20N4O2/c1-3-7-15(8-4-2)12(18-14(21)19-13(15)20)17-11-6-5-9-16-10-11/h5-6,9-10H,3-4,7-8H2,1-2H3,(H2,17,18,19,20,21). The van der Waals surface area contributed by atoms with Gasteiger partial charge >= 0.3 is 6.03 Å². The molecule has 21 heavy (non-hydrogen) atoms. The number of amides is 3. The molecular formula is C15H20N4O2. The van der Waals surface area contributed by atoms with Crippen LogP contribution in [0.15, 0.2) is 29.5 Å². The van der Waals surface area contributed by atoms with E-state index in [2.05, 4.69) is 20.6 Å². The van der Waals surface area contributed by atoms with Gasteiger partial charge in [-0.2, -0.15) is 0 Å². The second kappa shape index (κ2) is 6.47. The Morgan fingerprint density at radius 1 is 1.19 bits per heavy atom. The van der Waals surface area contributed by atoms with Gasteiger partial charge in [-0.15, -0.1) is 0 Å². The fraction of sp³-hybridized carbons (Fsp3) is 0.467. The Bertz CT molecular complexity index is 548. The monoisotopic (exact) mass is 288 g/mol. The number of hydrogen-bond acceptors (Lipinski definition) is 4. The van der Waals surface area contributed by atoms with Gasteiger partial charge in [-0.1, -0.05) is 26.7 Å². The number of amidine groups is 1. The number of urea groups is 1. The fourth-order valence-electron chi connectivity index (χ4n) is 2.72. The number of rotatable bonds is 5. The van der Waals surface area contributed by atoms with Gasteiger partial charge < -0.3 is 0 Å². The molecular weight excluding hydrogens is 268 g/mol. The maximum atomic E-state index is 12.4. The first kappa shape index (κ1) is 15.2. The number of carbonyl (C=O) groups excluding carboxylic acids is 2. The van der Waals surface area contributed by atoms with Crippen LogP contribution in [0.5, 0.6) is 0 Å². The van der Waals surface area contributed by atoms with Crippen molar-refractivity contribution in [2.24, 2.45) is 10.4 Å². The van der Waals surface area contributed by atoms with Crippen LogP contribution in [-0.2, 0) is 4.79 Å². The summed E-state index contributed by atoms with van der Waals surface area (Å²) in [6.45, 7) is 4.03. The van der Waals surface area contributed by atoms with Crippen LogP contribution in [0.25, 0.3) is 0 Å². The summed E-state index contributed by atoms with van der Waals surface area (Å²) in [6, 6.07) is 3.04. The summed E-state index contributed by atoms with van der Waals surface area (Å²) in [5.41, 5.74) is -0.146. The van der Waals surface area contributed by atoms with E-state index in [4.69, 9.17) is 0 Å². The van der Waals surface area contributed by atoms with Crippen molar-refractivity contribution in [1.29, 1.82) is 0 Å². The lowest BCUT2D eigenvalue weighted by atomic mass is 9.76. The number of nitrogens with zero attached hydrogens (tertiary/aromatic N) is 2. The van der Waals surface area contributed by atoms with Crippen molar-refractivity contribution in [2.75, 3.05) is 0 Å². The van der Waals surface area contributed by atoms with Gasteiger partial charge in [0, 0.05) is 6.20 Å². The molecule has 2 N–H and O–H groups in total. The van der Waals surface area contributed by atoms with Gasteiger partial charge in [-0.25, -0.2) is 9.79 Å². The molecule has 3 amide bonds. The number of aromatic nitrogens is 1. The molecule has 0 bridgehead atoms. The summed E-state index contributed by atoms with van der Waals surface area (Å²) >= 11 is 0.